The van der Waals surface area contributed by atoms with Crippen molar-refractivity contribution in [3.05, 3.63) is 60.2 Å². The molecule has 2 amide bonds. The number of rotatable bonds is 8. The Morgan fingerprint density at radius 3 is 2.13 bits per heavy atom. The summed E-state index contributed by atoms with van der Waals surface area (Å²) in [6.07, 6.45) is 5.37. The number of carbonyl (C=O) groups excluding carboxylic acids is 2. The van der Waals surface area contributed by atoms with Gasteiger partial charge in [0.15, 0.2) is 11.5 Å². The van der Waals surface area contributed by atoms with Crippen molar-refractivity contribution in [1.29, 1.82) is 0 Å². The van der Waals surface area contributed by atoms with Gasteiger partial charge in [0, 0.05) is 28.4 Å². The zero-order valence-electron chi connectivity index (χ0n) is 22.3. The SMILES string of the molecule is COc1cc(C(=O)Nc2ccc(-c3nc4ccc(NC(=O)C5CCCCC5)cc4[nH]3)cc2)cc(OC)c1OC. The van der Waals surface area contributed by atoms with Gasteiger partial charge in [-0.3, -0.25) is 9.59 Å². The van der Waals surface area contributed by atoms with Crippen LogP contribution >= 0.6 is 0 Å². The van der Waals surface area contributed by atoms with Crippen molar-refractivity contribution in [2.45, 2.75) is 32.1 Å². The molecule has 0 atom stereocenters. The van der Waals surface area contributed by atoms with Gasteiger partial charge in [0.25, 0.3) is 5.91 Å². The van der Waals surface area contributed by atoms with Crippen LogP contribution in [-0.4, -0.2) is 43.1 Å². The molecule has 0 aliphatic heterocycles. The molecule has 0 bridgehead atoms. The number of nitrogens with one attached hydrogen (secondary N) is 3. The molecule has 9 heteroatoms. The van der Waals surface area contributed by atoms with Gasteiger partial charge in [-0.2, -0.15) is 0 Å². The van der Waals surface area contributed by atoms with E-state index in [1.165, 1.54) is 27.8 Å². The van der Waals surface area contributed by atoms with Crippen molar-refractivity contribution in [1.82, 2.24) is 9.97 Å². The number of nitrogens with zero attached hydrogens (tertiary/aromatic N) is 1. The van der Waals surface area contributed by atoms with Gasteiger partial charge < -0.3 is 29.8 Å². The van der Waals surface area contributed by atoms with E-state index in [0.717, 1.165) is 48.0 Å². The van der Waals surface area contributed by atoms with Crippen molar-refractivity contribution in [2.75, 3.05) is 32.0 Å². The molecule has 39 heavy (non-hydrogen) atoms. The van der Waals surface area contributed by atoms with E-state index in [2.05, 4.69) is 15.6 Å². The zero-order valence-corrected chi connectivity index (χ0v) is 22.3. The van der Waals surface area contributed by atoms with Crippen LogP contribution < -0.4 is 24.8 Å². The van der Waals surface area contributed by atoms with E-state index in [9.17, 15) is 9.59 Å². The zero-order chi connectivity index (χ0) is 27.4. The number of methoxy groups -OCH3 is 3. The highest BCUT2D eigenvalue weighted by atomic mass is 16.5. The summed E-state index contributed by atoms with van der Waals surface area (Å²) in [4.78, 5) is 33.6. The molecule has 0 unspecified atom stereocenters. The minimum Gasteiger partial charge on any atom is -0.493 e. The number of aromatic amines is 1. The second kappa shape index (κ2) is 11.5. The Balaban J connectivity index is 1.28. The van der Waals surface area contributed by atoms with E-state index in [1.807, 2.05) is 42.5 Å². The van der Waals surface area contributed by atoms with Gasteiger partial charge in [-0.1, -0.05) is 19.3 Å². The lowest BCUT2D eigenvalue weighted by atomic mass is 9.88. The minimum absolute atomic E-state index is 0.0953. The summed E-state index contributed by atoms with van der Waals surface area (Å²) in [5.41, 5.74) is 4.27. The Morgan fingerprint density at radius 1 is 0.821 bits per heavy atom. The molecule has 0 saturated heterocycles. The second-order valence-electron chi connectivity index (χ2n) is 9.59. The van der Waals surface area contributed by atoms with Crippen molar-refractivity contribution in [3.63, 3.8) is 0 Å². The third kappa shape index (κ3) is 5.67. The molecule has 202 valence electrons. The topological polar surface area (TPSA) is 115 Å². The van der Waals surface area contributed by atoms with Crippen LogP contribution in [0.3, 0.4) is 0 Å². The highest BCUT2D eigenvalue weighted by molar-refractivity contribution is 6.05. The van der Waals surface area contributed by atoms with E-state index >= 15 is 0 Å². The third-order valence-electron chi connectivity index (χ3n) is 7.07. The number of hydrogen-bond acceptors (Lipinski definition) is 6. The molecule has 4 aromatic rings. The number of aromatic nitrogens is 2. The monoisotopic (exact) mass is 528 g/mol. The number of H-pyrrole nitrogens is 1. The Labute approximate surface area is 226 Å². The lowest BCUT2D eigenvalue weighted by Gasteiger charge is -2.20. The number of amides is 2. The Hall–Kier alpha value is -4.53. The Bertz CT molecular complexity index is 1460. The fraction of sp³-hybridized carbons (Fsp3) is 0.300. The first-order valence-corrected chi connectivity index (χ1v) is 13.0. The van der Waals surface area contributed by atoms with E-state index in [0.29, 0.717) is 34.3 Å². The molecule has 1 aliphatic rings. The fourth-order valence-corrected chi connectivity index (χ4v) is 4.96. The van der Waals surface area contributed by atoms with Gasteiger partial charge in [-0.15, -0.1) is 0 Å². The smallest absolute Gasteiger partial charge is 0.255 e. The molecular formula is C30H32N4O5. The Morgan fingerprint density at radius 2 is 1.49 bits per heavy atom. The highest BCUT2D eigenvalue weighted by Gasteiger charge is 2.21. The summed E-state index contributed by atoms with van der Waals surface area (Å²) in [5, 5.41) is 5.96. The van der Waals surface area contributed by atoms with Crippen LogP contribution in [0.15, 0.2) is 54.6 Å². The maximum Gasteiger partial charge on any atom is 0.255 e. The molecule has 9 nitrogen and oxygen atoms in total. The normalized spacial score (nSPS) is 13.6. The first-order chi connectivity index (χ1) is 19.0. The average Bonchev–Trinajstić information content (AvgIpc) is 3.40. The lowest BCUT2D eigenvalue weighted by molar-refractivity contribution is -0.120. The van der Waals surface area contributed by atoms with Gasteiger partial charge in [0.1, 0.15) is 5.82 Å². The highest BCUT2D eigenvalue weighted by Crippen LogP contribution is 2.38. The van der Waals surface area contributed by atoms with Crippen LogP contribution in [-0.2, 0) is 4.79 Å². The van der Waals surface area contributed by atoms with Crippen molar-refractivity contribution in [2.24, 2.45) is 5.92 Å². The summed E-state index contributed by atoms with van der Waals surface area (Å²) in [6, 6.07) is 16.3. The molecule has 5 rings (SSSR count). The van der Waals surface area contributed by atoms with E-state index in [1.54, 1.807) is 12.1 Å². The predicted molar refractivity (Wildman–Crippen MR) is 151 cm³/mol. The van der Waals surface area contributed by atoms with Crippen LogP contribution in [0.4, 0.5) is 11.4 Å². The molecule has 3 aromatic carbocycles. The van der Waals surface area contributed by atoms with Gasteiger partial charge in [0.05, 0.1) is 32.4 Å². The summed E-state index contributed by atoms with van der Waals surface area (Å²) in [7, 11) is 4.52. The first-order valence-electron chi connectivity index (χ1n) is 13.0. The van der Waals surface area contributed by atoms with Crippen LogP contribution in [0.25, 0.3) is 22.4 Å². The summed E-state index contributed by atoms with van der Waals surface area (Å²) in [6.45, 7) is 0. The number of ether oxygens (including phenoxy) is 3. The fourth-order valence-electron chi connectivity index (χ4n) is 4.96. The van der Waals surface area contributed by atoms with Gasteiger partial charge >= 0.3 is 0 Å². The van der Waals surface area contributed by atoms with Crippen LogP contribution in [0.1, 0.15) is 42.5 Å². The molecule has 3 N–H and O–H groups in total. The number of hydrogen-bond donors (Lipinski definition) is 3. The largest absolute Gasteiger partial charge is 0.493 e. The predicted octanol–water partition coefficient (Wildman–Crippen LogP) is 6.03. The summed E-state index contributed by atoms with van der Waals surface area (Å²) in [5.74, 6) is 1.80. The van der Waals surface area contributed by atoms with Crippen molar-refractivity contribution < 1.29 is 23.8 Å². The maximum absolute atomic E-state index is 12.9. The standard InChI is InChI=1S/C30H32N4O5/c1-37-25-15-20(16-26(38-2)27(25)39-3)30(36)31-21-11-9-18(10-12-21)28-33-23-14-13-22(17-24(23)34-28)32-29(35)19-7-5-4-6-8-19/h9-17,19H,4-8H2,1-3H3,(H,31,36)(H,32,35)(H,33,34). The van der Waals surface area contributed by atoms with Gasteiger partial charge in [0.2, 0.25) is 11.7 Å². The molecule has 0 radical (unpaired) electrons. The van der Waals surface area contributed by atoms with Gasteiger partial charge in [-0.25, -0.2) is 4.98 Å². The third-order valence-corrected chi connectivity index (χ3v) is 7.07. The molecule has 1 aliphatic carbocycles. The number of anilines is 2. The molecule has 1 aromatic heterocycles. The molecule has 1 heterocycles. The summed E-state index contributed by atoms with van der Waals surface area (Å²) < 4.78 is 16.0. The molecule has 1 saturated carbocycles. The lowest BCUT2D eigenvalue weighted by Crippen LogP contribution is -2.24. The molecule has 1 fully saturated rings. The average molecular weight is 529 g/mol. The van der Waals surface area contributed by atoms with E-state index < -0.39 is 0 Å². The molecule has 0 spiro atoms. The number of imidazole rings is 1. The number of benzene rings is 3. The quantitative estimate of drug-likeness (QED) is 0.257. The van der Waals surface area contributed by atoms with Crippen LogP contribution in [0.5, 0.6) is 17.2 Å². The maximum atomic E-state index is 12.9. The summed E-state index contributed by atoms with van der Waals surface area (Å²) >= 11 is 0. The Kier molecular flexibility index (Phi) is 7.67. The molecular weight excluding hydrogens is 496 g/mol. The first kappa shape index (κ1) is 26.1. The van der Waals surface area contributed by atoms with Crippen LogP contribution in [0.2, 0.25) is 0 Å². The van der Waals surface area contributed by atoms with Gasteiger partial charge in [-0.05, 0) is 67.4 Å². The van der Waals surface area contributed by atoms with Crippen molar-refractivity contribution in [3.8, 4) is 28.6 Å². The van der Waals surface area contributed by atoms with E-state index in [4.69, 9.17) is 19.2 Å². The second-order valence-corrected chi connectivity index (χ2v) is 9.59. The van der Waals surface area contributed by atoms with Crippen LogP contribution in [0, 0.1) is 5.92 Å². The van der Waals surface area contributed by atoms with Crippen molar-refractivity contribution >= 4 is 34.2 Å². The number of carbonyl (C=O) groups is 2. The number of fused-ring (bicyclic) bond motifs is 1. The van der Waals surface area contributed by atoms with E-state index in [-0.39, 0.29) is 17.7 Å². The minimum atomic E-state index is -0.312.